The van der Waals surface area contributed by atoms with Gasteiger partial charge in [-0.05, 0) is 38.6 Å². The summed E-state index contributed by atoms with van der Waals surface area (Å²) in [6, 6.07) is 16.9. The normalized spacial score (nSPS) is 10.9. The van der Waals surface area contributed by atoms with Crippen LogP contribution < -0.4 is 5.32 Å². The van der Waals surface area contributed by atoms with Crippen molar-refractivity contribution >= 4 is 11.7 Å². The van der Waals surface area contributed by atoms with Gasteiger partial charge in [0.05, 0.1) is 6.54 Å². The first kappa shape index (κ1) is 17.9. The van der Waals surface area contributed by atoms with Gasteiger partial charge in [-0.2, -0.15) is 0 Å². The number of carbonyl (C=O) groups is 2. The van der Waals surface area contributed by atoms with Crippen LogP contribution in [0.5, 0.6) is 0 Å². The van der Waals surface area contributed by atoms with Crippen LogP contribution >= 0.6 is 0 Å². The van der Waals surface area contributed by atoms with Crippen LogP contribution in [-0.4, -0.2) is 36.2 Å². The predicted molar refractivity (Wildman–Crippen MR) is 96.2 cm³/mol. The molecule has 2 rings (SSSR count). The van der Waals surface area contributed by atoms with E-state index in [2.05, 4.69) is 31.1 Å². The van der Waals surface area contributed by atoms with Crippen molar-refractivity contribution in [2.24, 2.45) is 0 Å². The van der Waals surface area contributed by atoms with E-state index in [1.807, 2.05) is 36.4 Å². The van der Waals surface area contributed by atoms with Crippen LogP contribution in [0.15, 0.2) is 54.6 Å². The summed E-state index contributed by atoms with van der Waals surface area (Å²) in [5, 5.41) is 2.70. The highest BCUT2D eigenvalue weighted by Gasteiger charge is 2.11. The Bertz CT molecular complexity index is 696. The molecule has 0 atom stereocenters. The Balaban J connectivity index is 1.96. The fourth-order valence-electron chi connectivity index (χ4n) is 2.27. The standard InChI is InChI=1S/C20H24N2O2/c1-15(2)22(3)14-16-8-7-11-18(12-16)20(24)21-13-19(23)17-9-5-4-6-10-17/h4-12,15H,13-14H2,1-3H3,(H,21,24). The molecule has 0 heterocycles. The van der Waals surface area contributed by atoms with Gasteiger partial charge in [0.2, 0.25) is 0 Å². The molecule has 0 aliphatic heterocycles. The Morgan fingerprint density at radius 2 is 1.67 bits per heavy atom. The lowest BCUT2D eigenvalue weighted by molar-refractivity contribution is 0.0904. The summed E-state index contributed by atoms with van der Waals surface area (Å²) in [5.41, 5.74) is 2.25. The number of nitrogens with zero attached hydrogens (tertiary/aromatic N) is 1. The fraction of sp³-hybridized carbons (Fsp3) is 0.300. The van der Waals surface area contributed by atoms with Crippen LogP contribution in [0.2, 0.25) is 0 Å². The largest absolute Gasteiger partial charge is 0.345 e. The molecule has 0 bridgehead atoms. The third-order valence-corrected chi connectivity index (χ3v) is 4.01. The van der Waals surface area contributed by atoms with Gasteiger partial charge in [-0.25, -0.2) is 0 Å². The van der Waals surface area contributed by atoms with Crippen molar-refractivity contribution in [2.75, 3.05) is 13.6 Å². The van der Waals surface area contributed by atoms with Crippen molar-refractivity contribution in [3.8, 4) is 0 Å². The molecule has 0 aromatic heterocycles. The zero-order chi connectivity index (χ0) is 17.5. The first-order valence-corrected chi connectivity index (χ1v) is 8.13. The summed E-state index contributed by atoms with van der Waals surface area (Å²) in [4.78, 5) is 26.5. The fourth-order valence-corrected chi connectivity index (χ4v) is 2.27. The number of ketones is 1. The smallest absolute Gasteiger partial charge is 0.251 e. The molecule has 2 aromatic carbocycles. The molecule has 2 aromatic rings. The van der Waals surface area contributed by atoms with E-state index < -0.39 is 0 Å². The minimum Gasteiger partial charge on any atom is -0.345 e. The van der Waals surface area contributed by atoms with Gasteiger partial charge in [0.15, 0.2) is 5.78 Å². The summed E-state index contributed by atoms with van der Waals surface area (Å²) in [5.74, 6) is -0.326. The molecule has 0 aliphatic rings. The molecule has 0 aliphatic carbocycles. The molecule has 0 saturated heterocycles. The highest BCUT2D eigenvalue weighted by molar-refractivity contribution is 6.02. The Morgan fingerprint density at radius 1 is 1.00 bits per heavy atom. The number of benzene rings is 2. The number of rotatable bonds is 7. The maximum absolute atomic E-state index is 12.3. The molecular formula is C20H24N2O2. The van der Waals surface area contributed by atoms with Gasteiger partial charge in [-0.15, -0.1) is 0 Å². The van der Waals surface area contributed by atoms with Crippen molar-refractivity contribution < 1.29 is 9.59 Å². The Labute approximate surface area is 143 Å². The maximum Gasteiger partial charge on any atom is 0.251 e. The molecule has 126 valence electrons. The second-order valence-corrected chi connectivity index (χ2v) is 6.18. The first-order valence-electron chi connectivity index (χ1n) is 8.13. The number of Topliss-reactive ketones (excluding diaryl/α,β-unsaturated/α-hetero) is 1. The Hall–Kier alpha value is -2.46. The summed E-state index contributed by atoms with van der Waals surface area (Å²) < 4.78 is 0. The van der Waals surface area contributed by atoms with Gasteiger partial charge >= 0.3 is 0 Å². The molecule has 0 unspecified atom stereocenters. The second-order valence-electron chi connectivity index (χ2n) is 6.18. The van der Waals surface area contributed by atoms with Crippen molar-refractivity contribution in [3.63, 3.8) is 0 Å². The van der Waals surface area contributed by atoms with Crippen LogP contribution in [0.1, 0.15) is 40.1 Å². The van der Waals surface area contributed by atoms with E-state index >= 15 is 0 Å². The average molecular weight is 324 g/mol. The van der Waals surface area contributed by atoms with Gasteiger partial charge in [0.25, 0.3) is 5.91 Å². The number of hydrogen-bond acceptors (Lipinski definition) is 3. The van der Waals surface area contributed by atoms with Crippen LogP contribution in [0.4, 0.5) is 0 Å². The third kappa shape index (κ3) is 5.03. The lowest BCUT2D eigenvalue weighted by Gasteiger charge is -2.21. The van der Waals surface area contributed by atoms with Crippen LogP contribution in [0.25, 0.3) is 0 Å². The minimum atomic E-state index is -0.228. The molecule has 0 fully saturated rings. The molecular weight excluding hydrogens is 300 g/mol. The van der Waals surface area contributed by atoms with Gasteiger partial charge < -0.3 is 5.32 Å². The van der Waals surface area contributed by atoms with E-state index in [0.717, 1.165) is 12.1 Å². The molecule has 24 heavy (non-hydrogen) atoms. The summed E-state index contributed by atoms with van der Waals surface area (Å²) in [6.45, 7) is 5.04. The molecule has 0 spiro atoms. The van der Waals surface area contributed by atoms with Gasteiger partial charge in [0.1, 0.15) is 0 Å². The van der Waals surface area contributed by atoms with E-state index in [0.29, 0.717) is 17.2 Å². The topological polar surface area (TPSA) is 49.4 Å². The lowest BCUT2D eigenvalue weighted by Crippen LogP contribution is -2.30. The van der Waals surface area contributed by atoms with Crippen molar-refractivity contribution in [3.05, 3.63) is 71.3 Å². The summed E-state index contributed by atoms with van der Waals surface area (Å²) in [6.07, 6.45) is 0. The van der Waals surface area contributed by atoms with Gasteiger partial charge in [-0.1, -0.05) is 42.5 Å². The van der Waals surface area contributed by atoms with E-state index in [1.165, 1.54) is 0 Å². The second kappa shape index (κ2) is 8.41. The van der Waals surface area contributed by atoms with E-state index in [9.17, 15) is 9.59 Å². The molecule has 1 N–H and O–H groups in total. The van der Waals surface area contributed by atoms with Crippen molar-refractivity contribution in [2.45, 2.75) is 26.4 Å². The third-order valence-electron chi connectivity index (χ3n) is 4.01. The predicted octanol–water partition coefficient (Wildman–Crippen LogP) is 3.14. The summed E-state index contributed by atoms with van der Waals surface area (Å²) >= 11 is 0. The SMILES string of the molecule is CC(C)N(C)Cc1cccc(C(=O)NCC(=O)c2ccccc2)c1. The van der Waals surface area contributed by atoms with Crippen LogP contribution in [0.3, 0.4) is 0 Å². The average Bonchev–Trinajstić information content (AvgIpc) is 2.60. The van der Waals surface area contributed by atoms with E-state index in [1.54, 1.807) is 18.2 Å². The zero-order valence-electron chi connectivity index (χ0n) is 14.5. The van der Waals surface area contributed by atoms with E-state index in [-0.39, 0.29) is 18.2 Å². The molecule has 0 saturated carbocycles. The van der Waals surface area contributed by atoms with Crippen LogP contribution in [-0.2, 0) is 6.54 Å². The molecule has 4 nitrogen and oxygen atoms in total. The minimum absolute atomic E-state index is 0.00102. The highest BCUT2D eigenvalue weighted by Crippen LogP contribution is 2.09. The van der Waals surface area contributed by atoms with E-state index in [4.69, 9.17) is 0 Å². The van der Waals surface area contributed by atoms with Gasteiger partial charge in [-0.3, -0.25) is 14.5 Å². The van der Waals surface area contributed by atoms with Crippen LogP contribution in [0, 0.1) is 0 Å². The monoisotopic (exact) mass is 324 g/mol. The number of amides is 1. The highest BCUT2D eigenvalue weighted by atomic mass is 16.2. The lowest BCUT2D eigenvalue weighted by atomic mass is 10.1. The quantitative estimate of drug-likeness (QED) is 0.796. The van der Waals surface area contributed by atoms with Crippen molar-refractivity contribution in [1.82, 2.24) is 10.2 Å². The molecule has 1 amide bonds. The number of hydrogen-bond donors (Lipinski definition) is 1. The molecule has 0 radical (unpaired) electrons. The summed E-state index contributed by atoms with van der Waals surface area (Å²) in [7, 11) is 2.05. The first-order chi connectivity index (χ1) is 11.5. The number of carbonyl (C=O) groups excluding carboxylic acids is 2. The number of nitrogens with one attached hydrogen (secondary N) is 1. The maximum atomic E-state index is 12.3. The van der Waals surface area contributed by atoms with Gasteiger partial charge in [0, 0.05) is 23.7 Å². The Morgan fingerprint density at radius 3 is 2.33 bits per heavy atom. The Kier molecular flexibility index (Phi) is 6.27. The zero-order valence-corrected chi connectivity index (χ0v) is 14.5. The van der Waals surface area contributed by atoms with Crippen molar-refractivity contribution in [1.29, 1.82) is 0 Å². The molecule has 4 heteroatoms.